The van der Waals surface area contributed by atoms with E-state index in [-0.39, 0.29) is 6.10 Å². The molecular formula is C14H20O. The van der Waals surface area contributed by atoms with Crippen molar-refractivity contribution in [3.8, 4) is 0 Å². The Morgan fingerprint density at radius 2 is 2.00 bits per heavy atom. The van der Waals surface area contributed by atoms with Crippen molar-refractivity contribution in [3.63, 3.8) is 0 Å². The molecule has 15 heavy (non-hydrogen) atoms. The standard InChI is InChI=1S/C14H20O/c1-3-4-10-14(15)11-12(2)13-8-6-5-7-9-13/h5-9,11,14-15H,3-4,10H2,1-2H3/b12-11+/t14-/m1/s1. The van der Waals surface area contributed by atoms with Crippen LogP contribution in [0.4, 0.5) is 0 Å². The van der Waals surface area contributed by atoms with Crippen molar-refractivity contribution in [2.24, 2.45) is 0 Å². The molecule has 1 atom stereocenters. The summed E-state index contributed by atoms with van der Waals surface area (Å²) in [5.41, 5.74) is 2.34. The topological polar surface area (TPSA) is 20.2 Å². The molecule has 0 aliphatic carbocycles. The maximum Gasteiger partial charge on any atom is 0.0726 e. The molecule has 82 valence electrons. The summed E-state index contributed by atoms with van der Waals surface area (Å²) in [5, 5.41) is 9.74. The molecule has 1 heteroatoms. The number of allylic oxidation sites excluding steroid dienone is 1. The summed E-state index contributed by atoms with van der Waals surface area (Å²) in [6.45, 7) is 4.19. The van der Waals surface area contributed by atoms with E-state index < -0.39 is 0 Å². The zero-order valence-corrected chi connectivity index (χ0v) is 9.61. The lowest BCUT2D eigenvalue weighted by molar-refractivity contribution is 0.209. The predicted molar refractivity (Wildman–Crippen MR) is 65.6 cm³/mol. The summed E-state index contributed by atoms with van der Waals surface area (Å²) in [7, 11) is 0. The minimum absolute atomic E-state index is 0.301. The second-order valence-electron chi connectivity index (χ2n) is 3.93. The van der Waals surface area contributed by atoms with Crippen LogP contribution in [0.2, 0.25) is 0 Å². The third-order valence-electron chi connectivity index (χ3n) is 2.52. The molecule has 1 aromatic carbocycles. The van der Waals surface area contributed by atoms with E-state index in [0.717, 1.165) is 24.8 Å². The molecule has 0 unspecified atom stereocenters. The Balaban J connectivity index is 2.59. The molecule has 0 fully saturated rings. The number of benzene rings is 1. The largest absolute Gasteiger partial charge is 0.389 e. The van der Waals surface area contributed by atoms with Gasteiger partial charge < -0.3 is 5.11 Å². The van der Waals surface area contributed by atoms with E-state index in [2.05, 4.69) is 19.1 Å². The van der Waals surface area contributed by atoms with Crippen molar-refractivity contribution in [2.75, 3.05) is 0 Å². The minimum Gasteiger partial charge on any atom is -0.389 e. The fourth-order valence-corrected chi connectivity index (χ4v) is 1.58. The fourth-order valence-electron chi connectivity index (χ4n) is 1.58. The van der Waals surface area contributed by atoms with Gasteiger partial charge in [0, 0.05) is 0 Å². The number of aliphatic hydroxyl groups is 1. The van der Waals surface area contributed by atoms with Gasteiger partial charge in [0.1, 0.15) is 0 Å². The van der Waals surface area contributed by atoms with Gasteiger partial charge in [-0.05, 0) is 24.5 Å². The lowest BCUT2D eigenvalue weighted by Crippen LogP contribution is -2.02. The van der Waals surface area contributed by atoms with Crippen molar-refractivity contribution in [1.29, 1.82) is 0 Å². The summed E-state index contributed by atoms with van der Waals surface area (Å²) >= 11 is 0. The van der Waals surface area contributed by atoms with Crippen molar-refractivity contribution in [1.82, 2.24) is 0 Å². The minimum atomic E-state index is -0.301. The SMILES string of the molecule is CCCC[C@@H](O)/C=C(\C)c1ccccc1. The second-order valence-corrected chi connectivity index (χ2v) is 3.93. The third kappa shape index (κ3) is 4.30. The molecule has 1 aromatic rings. The van der Waals surface area contributed by atoms with Crippen molar-refractivity contribution >= 4 is 5.57 Å². The van der Waals surface area contributed by atoms with Crippen molar-refractivity contribution in [2.45, 2.75) is 39.2 Å². The highest BCUT2D eigenvalue weighted by Gasteiger charge is 2.01. The quantitative estimate of drug-likeness (QED) is 0.776. The van der Waals surface area contributed by atoms with E-state index in [4.69, 9.17) is 0 Å². The van der Waals surface area contributed by atoms with Crippen LogP contribution in [0.15, 0.2) is 36.4 Å². The first-order valence-electron chi connectivity index (χ1n) is 5.66. The van der Waals surface area contributed by atoms with Crippen LogP contribution in [0.25, 0.3) is 5.57 Å². The van der Waals surface area contributed by atoms with Crippen LogP contribution >= 0.6 is 0 Å². The molecule has 0 aromatic heterocycles. The van der Waals surface area contributed by atoms with Gasteiger partial charge in [-0.2, -0.15) is 0 Å². The Morgan fingerprint density at radius 3 is 2.60 bits per heavy atom. The van der Waals surface area contributed by atoms with E-state index in [1.807, 2.05) is 31.2 Å². The van der Waals surface area contributed by atoms with E-state index in [1.54, 1.807) is 0 Å². The van der Waals surface area contributed by atoms with Gasteiger partial charge in [-0.3, -0.25) is 0 Å². The van der Waals surface area contributed by atoms with Gasteiger partial charge in [-0.1, -0.05) is 56.2 Å². The van der Waals surface area contributed by atoms with Crippen molar-refractivity contribution < 1.29 is 5.11 Å². The van der Waals surface area contributed by atoms with Gasteiger partial charge in [0.25, 0.3) is 0 Å². The van der Waals surface area contributed by atoms with E-state index >= 15 is 0 Å². The highest BCUT2D eigenvalue weighted by Crippen LogP contribution is 2.15. The molecule has 0 aliphatic heterocycles. The summed E-state index contributed by atoms with van der Waals surface area (Å²) in [4.78, 5) is 0. The average molecular weight is 204 g/mol. The summed E-state index contributed by atoms with van der Waals surface area (Å²) in [6.07, 6.45) is 4.73. The van der Waals surface area contributed by atoms with Gasteiger partial charge >= 0.3 is 0 Å². The molecule has 0 bridgehead atoms. The highest BCUT2D eigenvalue weighted by atomic mass is 16.3. The molecule has 1 N–H and O–H groups in total. The number of unbranched alkanes of at least 4 members (excludes halogenated alkanes) is 1. The van der Waals surface area contributed by atoms with Gasteiger partial charge in [-0.15, -0.1) is 0 Å². The van der Waals surface area contributed by atoms with Crippen LogP contribution in [0, 0.1) is 0 Å². The molecule has 0 radical (unpaired) electrons. The highest BCUT2D eigenvalue weighted by molar-refractivity contribution is 5.63. The smallest absolute Gasteiger partial charge is 0.0726 e. The first kappa shape index (κ1) is 12.0. The van der Waals surface area contributed by atoms with Crippen LogP contribution in [0.3, 0.4) is 0 Å². The predicted octanol–water partition coefficient (Wildman–Crippen LogP) is 3.64. The maximum absolute atomic E-state index is 9.74. The van der Waals surface area contributed by atoms with Crippen LogP contribution < -0.4 is 0 Å². The monoisotopic (exact) mass is 204 g/mol. The summed E-state index contributed by atoms with van der Waals surface area (Å²) < 4.78 is 0. The van der Waals surface area contributed by atoms with Crippen LogP contribution in [0.5, 0.6) is 0 Å². The average Bonchev–Trinajstić information content (AvgIpc) is 2.27. The van der Waals surface area contributed by atoms with Crippen LogP contribution in [-0.4, -0.2) is 11.2 Å². The van der Waals surface area contributed by atoms with Gasteiger partial charge in [0.05, 0.1) is 6.10 Å². The lowest BCUT2D eigenvalue weighted by Gasteiger charge is -2.07. The van der Waals surface area contributed by atoms with Crippen LogP contribution in [0.1, 0.15) is 38.7 Å². The zero-order chi connectivity index (χ0) is 11.1. The van der Waals surface area contributed by atoms with E-state index in [9.17, 15) is 5.11 Å². The molecule has 0 heterocycles. The second kappa shape index (κ2) is 6.41. The maximum atomic E-state index is 9.74. The normalized spacial score (nSPS) is 13.9. The Morgan fingerprint density at radius 1 is 1.33 bits per heavy atom. The van der Waals surface area contributed by atoms with Gasteiger partial charge in [-0.25, -0.2) is 0 Å². The van der Waals surface area contributed by atoms with E-state index in [1.165, 1.54) is 5.56 Å². The molecule has 1 rings (SSSR count). The lowest BCUT2D eigenvalue weighted by atomic mass is 10.0. The third-order valence-corrected chi connectivity index (χ3v) is 2.52. The molecule has 0 saturated carbocycles. The first-order chi connectivity index (χ1) is 7.24. The van der Waals surface area contributed by atoms with E-state index in [0.29, 0.717) is 0 Å². The molecular weight excluding hydrogens is 184 g/mol. The molecule has 0 spiro atoms. The summed E-state index contributed by atoms with van der Waals surface area (Å²) in [6, 6.07) is 10.2. The Hall–Kier alpha value is -1.08. The zero-order valence-electron chi connectivity index (χ0n) is 9.61. The Bertz CT molecular complexity index is 300. The molecule has 0 amide bonds. The van der Waals surface area contributed by atoms with Crippen LogP contribution in [-0.2, 0) is 0 Å². The molecule has 0 aliphatic rings. The Kier molecular flexibility index (Phi) is 5.13. The number of hydrogen-bond acceptors (Lipinski definition) is 1. The number of rotatable bonds is 5. The summed E-state index contributed by atoms with van der Waals surface area (Å²) in [5.74, 6) is 0. The number of aliphatic hydroxyl groups excluding tert-OH is 1. The first-order valence-corrected chi connectivity index (χ1v) is 5.66. The molecule has 1 nitrogen and oxygen atoms in total. The van der Waals surface area contributed by atoms with Gasteiger partial charge in [0.15, 0.2) is 0 Å². The Labute approximate surface area is 92.5 Å². The molecule has 0 saturated heterocycles. The fraction of sp³-hybridized carbons (Fsp3) is 0.429. The van der Waals surface area contributed by atoms with Crippen molar-refractivity contribution in [3.05, 3.63) is 42.0 Å². The van der Waals surface area contributed by atoms with Gasteiger partial charge in [0.2, 0.25) is 0 Å². The number of hydrogen-bond donors (Lipinski definition) is 1.